The van der Waals surface area contributed by atoms with Gasteiger partial charge in [-0.05, 0) is 23.8 Å². The Labute approximate surface area is 158 Å². The maximum absolute atomic E-state index is 12.1. The number of aromatic nitrogens is 2. The first-order valence-electron chi connectivity index (χ1n) is 8.01. The van der Waals surface area contributed by atoms with E-state index in [1.165, 1.54) is 12.1 Å². The van der Waals surface area contributed by atoms with Gasteiger partial charge >= 0.3 is 0 Å². The van der Waals surface area contributed by atoms with Gasteiger partial charge in [-0.1, -0.05) is 30.3 Å². The molecule has 0 saturated carbocycles. The van der Waals surface area contributed by atoms with E-state index in [0.29, 0.717) is 12.4 Å². The van der Waals surface area contributed by atoms with Gasteiger partial charge in [0.1, 0.15) is 0 Å². The van der Waals surface area contributed by atoms with Gasteiger partial charge in [0, 0.05) is 24.8 Å². The fourth-order valence-electron chi connectivity index (χ4n) is 2.57. The molecule has 0 aliphatic heterocycles. The Bertz CT molecular complexity index is 1170. The van der Waals surface area contributed by atoms with Gasteiger partial charge in [0.15, 0.2) is 25.5 Å². The van der Waals surface area contributed by atoms with Crippen LogP contribution in [0.3, 0.4) is 0 Å². The molecule has 7 nitrogen and oxygen atoms in total. The van der Waals surface area contributed by atoms with E-state index in [9.17, 15) is 16.8 Å². The fraction of sp³-hybridized carbons (Fsp3) is 0.167. The van der Waals surface area contributed by atoms with E-state index < -0.39 is 19.7 Å². The number of hydrogen-bond acceptors (Lipinski definition) is 6. The van der Waals surface area contributed by atoms with Gasteiger partial charge in [-0.2, -0.15) is 5.10 Å². The molecular weight excluding hydrogens is 386 g/mol. The Morgan fingerprint density at radius 2 is 1.63 bits per heavy atom. The minimum absolute atomic E-state index is 0.0527. The largest absolute Gasteiger partial charge is 0.338 e. The van der Waals surface area contributed by atoms with Gasteiger partial charge in [-0.25, -0.2) is 16.8 Å². The number of hydrogen-bond donors (Lipinski definition) is 1. The molecule has 0 unspecified atom stereocenters. The summed E-state index contributed by atoms with van der Waals surface area (Å²) in [5.74, 6) is 0.461. The van der Waals surface area contributed by atoms with Crippen molar-refractivity contribution in [1.29, 1.82) is 0 Å². The normalized spacial score (nSPS) is 12.1. The van der Waals surface area contributed by atoms with E-state index in [2.05, 4.69) is 10.4 Å². The van der Waals surface area contributed by atoms with Gasteiger partial charge in [-0.3, -0.25) is 4.68 Å². The number of rotatable bonds is 6. The van der Waals surface area contributed by atoms with Crippen LogP contribution >= 0.6 is 0 Å². The van der Waals surface area contributed by atoms with E-state index >= 15 is 0 Å². The highest BCUT2D eigenvalue weighted by molar-refractivity contribution is 7.91. The maximum atomic E-state index is 12.1. The highest BCUT2D eigenvalue weighted by atomic mass is 32.2. The summed E-state index contributed by atoms with van der Waals surface area (Å²) in [6, 6.07) is 15.5. The van der Waals surface area contributed by atoms with Crippen LogP contribution in [0.4, 0.5) is 11.5 Å². The third kappa shape index (κ3) is 4.75. The second kappa shape index (κ2) is 7.16. The zero-order valence-electron chi connectivity index (χ0n) is 14.8. The summed E-state index contributed by atoms with van der Waals surface area (Å²) in [5, 5.41) is 7.35. The first-order valence-corrected chi connectivity index (χ1v) is 11.8. The highest BCUT2D eigenvalue weighted by Crippen LogP contribution is 2.27. The van der Waals surface area contributed by atoms with Crippen molar-refractivity contribution in [2.45, 2.75) is 16.3 Å². The second-order valence-corrected chi connectivity index (χ2v) is 10.2. The number of benzene rings is 2. The molecule has 0 aliphatic rings. The lowest BCUT2D eigenvalue weighted by Crippen LogP contribution is -2.07. The van der Waals surface area contributed by atoms with Gasteiger partial charge in [-0.15, -0.1) is 0 Å². The Balaban J connectivity index is 1.90. The average molecular weight is 406 g/mol. The monoisotopic (exact) mass is 405 g/mol. The number of sulfone groups is 2. The van der Waals surface area contributed by atoms with E-state index in [4.69, 9.17) is 0 Å². The molecule has 0 saturated heterocycles. The first-order chi connectivity index (χ1) is 12.6. The van der Waals surface area contributed by atoms with Crippen molar-refractivity contribution in [2.24, 2.45) is 0 Å². The molecule has 3 rings (SSSR count). The zero-order chi connectivity index (χ0) is 19.7. The third-order valence-electron chi connectivity index (χ3n) is 3.87. The van der Waals surface area contributed by atoms with E-state index in [1.807, 2.05) is 30.3 Å². The summed E-state index contributed by atoms with van der Waals surface area (Å²) in [5.41, 5.74) is 1.36. The lowest BCUT2D eigenvalue weighted by Gasteiger charge is -2.11. The summed E-state index contributed by atoms with van der Waals surface area (Å²) < 4.78 is 49.4. The molecule has 0 atom stereocenters. The molecule has 0 bridgehead atoms. The van der Waals surface area contributed by atoms with Crippen LogP contribution in [-0.4, -0.2) is 39.1 Å². The van der Waals surface area contributed by atoms with E-state index in [1.54, 1.807) is 16.9 Å². The molecule has 0 radical (unpaired) electrons. The second-order valence-electron chi connectivity index (χ2n) is 6.21. The third-order valence-corrected chi connectivity index (χ3v) is 6.12. The molecule has 1 heterocycles. The molecule has 27 heavy (non-hydrogen) atoms. The minimum atomic E-state index is -3.64. The van der Waals surface area contributed by atoms with Crippen LogP contribution < -0.4 is 5.32 Å². The van der Waals surface area contributed by atoms with E-state index in [-0.39, 0.29) is 15.5 Å². The van der Waals surface area contributed by atoms with Crippen LogP contribution in [0, 0.1) is 0 Å². The van der Waals surface area contributed by atoms with Crippen molar-refractivity contribution in [1.82, 2.24) is 9.78 Å². The van der Waals surface area contributed by atoms with Crippen LogP contribution in [0.1, 0.15) is 5.56 Å². The minimum Gasteiger partial charge on any atom is -0.338 e. The fourth-order valence-corrected chi connectivity index (χ4v) is 4.15. The smallest absolute Gasteiger partial charge is 0.177 e. The first kappa shape index (κ1) is 19.1. The summed E-state index contributed by atoms with van der Waals surface area (Å²) in [4.78, 5) is -0.147. The Morgan fingerprint density at radius 3 is 2.26 bits per heavy atom. The van der Waals surface area contributed by atoms with Crippen molar-refractivity contribution >= 4 is 31.2 Å². The quantitative estimate of drug-likeness (QED) is 0.677. The predicted octanol–water partition coefficient (Wildman–Crippen LogP) is 2.48. The number of nitrogens with one attached hydrogen (secondary N) is 1. The lowest BCUT2D eigenvalue weighted by molar-refractivity contribution is 0.600. The topological polar surface area (TPSA) is 98.1 Å². The number of anilines is 2. The molecule has 3 aromatic rings. The molecule has 0 amide bonds. The van der Waals surface area contributed by atoms with Gasteiger partial charge in [0.2, 0.25) is 0 Å². The molecule has 9 heteroatoms. The van der Waals surface area contributed by atoms with Gasteiger partial charge < -0.3 is 5.32 Å². The van der Waals surface area contributed by atoms with Crippen LogP contribution in [0.5, 0.6) is 0 Å². The van der Waals surface area contributed by atoms with Gasteiger partial charge in [0.25, 0.3) is 0 Å². The van der Waals surface area contributed by atoms with Crippen molar-refractivity contribution in [2.75, 3.05) is 17.8 Å². The van der Waals surface area contributed by atoms with Gasteiger partial charge in [0.05, 0.1) is 22.0 Å². The molecule has 1 N–H and O–H groups in total. The molecule has 2 aromatic carbocycles. The molecule has 142 valence electrons. The number of nitrogens with zero attached hydrogens (tertiary/aromatic N) is 2. The molecule has 0 aliphatic carbocycles. The summed E-state index contributed by atoms with van der Waals surface area (Å²) in [6.45, 7) is 0.578. The molecule has 1 aromatic heterocycles. The summed E-state index contributed by atoms with van der Waals surface area (Å²) >= 11 is 0. The van der Waals surface area contributed by atoms with Crippen molar-refractivity contribution in [3.8, 4) is 0 Å². The average Bonchev–Trinajstić information content (AvgIpc) is 3.01. The Hall–Kier alpha value is -2.65. The van der Waals surface area contributed by atoms with Crippen LogP contribution in [0.25, 0.3) is 0 Å². The zero-order valence-corrected chi connectivity index (χ0v) is 16.5. The van der Waals surface area contributed by atoms with Crippen LogP contribution in [0.2, 0.25) is 0 Å². The summed E-state index contributed by atoms with van der Waals surface area (Å²) in [6.07, 6.45) is 3.85. The van der Waals surface area contributed by atoms with Crippen LogP contribution in [-0.2, 0) is 26.2 Å². The van der Waals surface area contributed by atoms with Crippen molar-refractivity contribution < 1.29 is 16.8 Å². The molecular formula is C18H19N3O4S2. The predicted molar refractivity (Wildman–Crippen MR) is 104 cm³/mol. The Morgan fingerprint density at radius 1 is 0.926 bits per heavy atom. The van der Waals surface area contributed by atoms with E-state index in [0.717, 1.165) is 24.1 Å². The van der Waals surface area contributed by atoms with Crippen molar-refractivity contribution in [3.05, 3.63) is 66.4 Å². The maximum Gasteiger partial charge on any atom is 0.177 e. The van der Waals surface area contributed by atoms with Crippen molar-refractivity contribution in [3.63, 3.8) is 0 Å². The lowest BCUT2D eigenvalue weighted by atomic mass is 10.2. The Kier molecular flexibility index (Phi) is 5.07. The highest BCUT2D eigenvalue weighted by Gasteiger charge is 2.18. The molecule has 0 fully saturated rings. The molecule has 0 spiro atoms. The SMILES string of the molecule is CS(=O)(=O)c1ccc(Nc2ccn(Cc3ccccc3)n2)c(S(C)(=O)=O)c1. The van der Waals surface area contributed by atoms with Crippen LogP contribution in [0.15, 0.2) is 70.6 Å². The summed E-state index contributed by atoms with van der Waals surface area (Å²) in [7, 11) is -7.16. The standard InChI is InChI=1S/C18H19N3O4S2/c1-26(22,23)15-8-9-16(17(12-15)27(2,24)25)19-18-10-11-21(20-18)13-14-6-4-3-5-7-14/h3-12H,13H2,1-2H3,(H,19,20).